The van der Waals surface area contributed by atoms with E-state index in [1.165, 1.54) is 0 Å². The quantitative estimate of drug-likeness (QED) is 0.664. The van der Waals surface area contributed by atoms with Gasteiger partial charge in [-0.05, 0) is 45.9 Å². The van der Waals surface area contributed by atoms with Gasteiger partial charge in [-0.15, -0.1) is 0 Å². The molecule has 1 heterocycles. The molecule has 1 rings (SSSR count). The molecule has 6 heteroatoms. The van der Waals surface area contributed by atoms with Crippen LogP contribution in [0.1, 0.15) is 12.8 Å². The lowest BCUT2D eigenvalue weighted by Gasteiger charge is -2.22. The summed E-state index contributed by atoms with van der Waals surface area (Å²) in [6, 6.07) is 0. The first kappa shape index (κ1) is 13.9. The second-order valence-corrected chi connectivity index (χ2v) is 6.54. The summed E-state index contributed by atoms with van der Waals surface area (Å²) in [5.74, 6) is 0.526. The molecule has 0 aromatic heterocycles. The minimum atomic E-state index is -3.09. The molecule has 5 nitrogen and oxygen atoms in total. The van der Waals surface area contributed by atoms with Gasteiger partial charge in [-0.2, -0.15) is 0 Å². The molecule has 2 N–H and O–H groups in total. The highest BCUT2D eigenvalue weighted by atomic mass is 32.2. The van der Waals surface area contributed by atoms with Crippen LogP contribution in [0.2, 0.25) is 0 Å². The van der Waals surface area contributed by atoms with E-state index in [0.717, 1.165) is 32.5 Å². The Balaban J connectivity index is 2.27. The fourth-order valence-corrected chi connectivity index (χ4v) is 3.29. The molecule has 1 atom stereocenters. The summed E-state index contributed by atoms with van der Waals surface area (Å²) in [6.45, 7) is 3.08. The van der Waals surface area contributed by atoms with Gasteiger partial charge in [0, 0.05) is 13.1 Å². The zero-order valence-corrected chi connectivity index (χ0v) is 11.0. The Morgan fingerprint density at radius 3 is 2.75 bits per heavy atom. The Kier molecular flexibility index (Phi) is 5.68. The lowest BCUT2D eigenvalue weighted by Crippen LogP contribution is -2.39. The van der Waals surface area contributed by atoms with Gasteiger partial charge in [-0.1, -0.05) is 0 Å². The van der Waals surface area contributed by atoms with E-state index < -0.39 is 10.0 Å². The molecular weight excluding hydrogens is 226 g/mol. The van der Waals surface area contributed by atoms with E-state index in [1.54, 1.807) is 0 Å². The predicted octanol–water partition coefficient (Wildman–Crippen LogP) is -0.533. The van der Waals surface area contributed by atoms with Crippen molar-refractivity contribution >= 4 is 10.0 Å². The number of rotatable bonds is 6. The van der Waals surface area contributed by atoms with Crippen LogP contribution in [-0.2, 0) is 10.0 Å². The number of piperidine rings is 1. The van der Waals surface area contributed by atoms with E-state index in [2.05, 4.69) is 10.0 Å². The van der Waals surface area contributed by atoms with Gasteiger partial charge in [0.1, 0.15) is 0 Å². The molecule has 0 aromatic rings. The van der Waals surface area contributed by atoms with Gasteiger partial charge in [0.05, 0.1) is 5.75 Å². The zero-order chi connectivity index (χ0) is 12.0. The number of likely N-dealkylation sites (N-methyl/N-ethyl adjacent to an activating group) is 1. The summed E-state index contributed by atoms with van der Waals surface area (Å²) in [7, 11) is 0.766. The Morgan fingerprint density at radius 1 is 1.44 bits per heavy atom. The molecule has 1 aliphatic heterocycles. The number of nitrogens with zero attached hydrogens (tertiary/aromatic N) is 1. The first-order chi connectivity index (χ1) is 7.49. The third-order valence-corrected chi connectivity index (χ3v) is 4.29. The molecule has 96 valence electrons. The largest absolute Gasteiger partial charge is 0.316 e. The van der Waals surface area contributed by atoms with E-state index in [-0.39, 0.29) is 11.7 Å². The van der Waals surface area contributed by atoms with E-state index in [0.29, 0.717) is 6.54 Å². The molecule has 0 aromatic carbocycles. The van der Waals surface area contributed by atoms with Crippen LogP contribution in [0, 0.1) is 5.92 Å². The maximum Gasteiger partial charge on any atom is 0.211 e. The molecule has 0 saturated carbocycles. The van der Waals surface area contributed by atoms with Crippen molar-refractivity contribution in [3.8, 4) is 0 Å². The van der Waals surface area contributed by atoms with E-state index >= 15 is 0 Å². The fourth-order valence-electron chi connectivity index (χ4n) is 1.86. The van der Waals surface area contributed by atoms with Crippen LogP contribution in [0.15, 0.2) is 0 Å². The third-order valence-electron chi connectivity index (χ3n) is 2.74. The van der Waals surface area contributed by atoms with Crippen molar-refractivity contribution in [2.45, 2.75) is 12.8 Å². The Labute approximate surface area is 98.6 Å². The van der Waals surface area contributed by atoms with Gasteiger partial charge >= 0.3 is 0 Å². The van der Waals surface area contributed by atoms with Crippen LogP contribution in [0.25, 0.3) is 0 Å². The lowest BCUT2D eigenvalue weighted by atomic mass is 10.0. The SMILES string of the molecule is CN(C)CCNS(=O)(=O)CC1CCCNC1. The highest BCUT2D eigenvalue weighted by Gasteiger charge is 2.20. The molecule has 1 aliphatic rings. The Hall–Kier alpha value is -0.170. The summed E-state index contributed by atoms with van der Waals surface area (Å²) in [5.41, 5.74) is 0. The zero-order valence-electron chi connectivity index (χ0n) is 10.2. The van der Waals surface area contributed by atoms with Crippen molar-refractivity contribution in [2.75, 3.05) is 46.0 Å². The lowest BCUT2D eigenvalue weighted by molar-refractivity contribution is 0.398. The monoisotopic (exact) mass is 249 g/mol. The number of hydrogen-bond donors (Lipinski definition) is 2. The molecule has 0 aliphatic carbocycles. The number of nitrogens with one attached hydrogen (secondary N) is 2. The molecular formula is C10H23N3O2S. The van der Waals surface area contributed by atoms with Crippen molar-refractivity contribution in [2.24, 2.45) is 5.92 Å². The first-order valence-electron chi connectivity index (χ1n) is 5.82. The standard InChI is InChI=1S/C10H23N3O2S/c1-13(2)7-6-12-16(14,15)9-10-4-3-5-11-8-10/h10-12H,3-9H2,1-2H3. The second kappa shape index (κ2) is 6.54. The predicted molar refractivity (Wildman–Crippen MR) is 65.9 cm³/mol. The minimum Gasteiger partial charge on any atom is -0.316 e. The van der Waals surface area contributed by atoms with Gasteiger partial charge in [-0.3, -0.25) is 0 Å². The van der Waals surface area contributed by atoms with Crippen molar-refractivity contribution in [1.82, 2.24) is 14.9 Å². The average Bonchev–Trinajstić information content (AvgIpc) is 2.17. The van der Waals surface area contributed by atoms with Crippen molar-refractivity contribution < 1.29 is 8.42 Å². The molecule has 1 saturated heterocycles. The fraction of sp³-hybridized carbons (Fsp3) is 1.00. The summed E-state index contributed by atoms with van der Waals surface area (Å²) in [4.78, 5) is 1.96. The van der Waals surface area contributed by atoms with Gasteiger partial charge in [0.25, 0.3) is 0 Å². The van der Waals surface area contributed by atoms with E-state index in [1.807, 2.05) is 19.0 Å². The van der Waals surface area contributed by atoms with Crippen LogP contribution in [-0.4, -0.2) is 59.3 Å². The number of sulfonamides is 1. The van der Waals surface area contributed by atoms with Crippen molar-refractivity contribution in [1.29, 1.82) is 0 Å². The third kappa shape index (κ3) is 5.79. The molecule has 1 fully saturated rings. The minimum absolute atomic E-state index is 0.257. The average molecular weight is 249 g/mol. The summed E-state index contributed by atoms with van der Waals surface area (Å²) < 4.78 is 26.1. The van der Waals surface area contributed by atoms with Gasteiger partial charge in [0.2, 0.25) is 10.0 Å². The second-order valence-electron chi connectivity index (χ2n) is 4.69. The highest BCUT2D eigenvalue weighted by Crippen LogP contribution is 2.11. The van der Waals surface area contributed by atoms with E-state index in [9.17, 15) is 8.42 Å². The van der Waals surface area contributed by atoms with Crippen LogP contribution in [0.3, 0.4) is 0 Å². The van der Waals surface area contributed by atoms with Gasteiger partial charge in [0.15, 0.2) is 0 Å². The van der Waals surface area contributed by atoms with Gasteiger partial charge < -0.3 is 10.2 Å². The van der Waals surface area contributed by atoms with Crippen LogP contribution < -0.4 is 10.0 Å². The van der Waals surface area contributed by atoms with E-state index in [4.69, 9.17) is 0 Å². The molecule has 0 spiro atoms. The first-order valence-corrected chi connectivity index (χ1v) is 7.47. The summed E-state index contributed by atoms with van der Waals surface area (Å²) >= 11 is 0. The maximum absolute atomic E-state index is 11.7. The van der Waals surface area contributed by atoms with Crippen molar-refractivity contribution in [3.63, 3.8) is 0 Å². The van der Waals surface area contributed by atoms with Crippen LogP contribution >= 0.6 is 0 Å². The molecule has 0 amide bonds. The van der Waals surface area contributed by atoms with Crippen LogP contribution in [0.5, 0.6) is 0 Å². The topological polar surface area (TPSA) is 61.4 Å². The maximum atomic E-state index is 11.7. The smallest absolute Gasteiger partial charge is 0.211 e. The Morgan fingerprint density at radius 2 is 2.19 bits per heavy atom. The molecule has 0 radical (unpaired) electrons. The van der Waals surface area contributed by atoms with Crippen molar-refractivity contribution in [3.05, 3.63) is 0 Å². The highest BCUT2D eigenvalue weighted by molar-refractivity contribution is 7.89. The summed E-state index contributed by atoms with van der Waals surface area (Å²) in [5, 5.41) is 3.23. The number of hydrogen-bond acceptors (Lipinski definition) is 4. The van der Waals surface area contributed by atoms with Gasteiger partial charge in [-0.25, -0.2) is 13.1 Å². The molecule has 1 unspecified atom stereocenters. The molecule has 0 bridgehead atoms. The Bertz CT molecular complexity index is 284. The molecule has 16 heavy (non-hydrogen) atoms. The summed E-state index contributed by atoms with van der Waals surface area (Å²) in [6.07, 6.45) is 2.10. The normalized spacial score (nSPS) is 22.6. The van der Waals surface area contributed by atoms with Crippen LogP contribution in [0.4, 0.5) is 0 Å².